The number of benzene rings is 2. The summed E-state index contributed by atoms with van der Waals surface area (Å²) in [7, 11) is 0. The van der Waals surface area contributed by atoms with Crippen molar-refractivity contribution in [2.75, 3.05) is 6.61 Å². The Balaban J connectivity index is 2.22. The van der Waals surface area contributed by atoms with Gasteiger partial charge in [0, 0.05) is 21.5 Å². The fraction of sp³-hybridized carbons (Fsp3) is 0.250. The zero-order valence-corrected chi connectivity index (χ0v) is 13.8. The molecule has 0 spiro atoms. The number of hydrogen-bond donors (Lipinski definition) is 1. The topological polar surface area (TPSA) is 29.5 Å². The van der Waals surface area contributed by atoms with Gasteiger partial charge < -0.3 is 9.84 Å². The summed E-state index contributed by atoms with van der Waals surface area (Å²) in [5, 5.41) is 10.6. The Bertz CT molecular complexity index is 613. The standard InChI is InChI=1S/C16H15BrClFO2/c1-2-21-10-6-7-11(13(17)8-10)16(20)9-12-14(18)4-3-5-15(12)19/h3-8,16,20H,2,9H2,1H3. The Morgan fingerprint density at radius 2 is 2.10 bits per heavy atom. The van der Waals surface area contributed by atoms with E-state index in [0.717, 1.165) is 0 Å². The Morgan fingerprint density at radius 1 is 1.33 bits per heavy atom. The van der Waals surface area contributed by atoms with Crippen LogP contribution in [0.4, 0.5) is 4.39 Å². The van der Waals surface area contributed by atoms with Crippen LogP contribution in [-0.2, 0) is 6.42 Å². The molecule has 2 nitrogen and oxygen atoms in total. The SMILES string of the molecule is CCOc1ccc(C(O)Cc2c(F)cccc2Cl)c(Br)c1. The Morgan fingerprint density at radius 3 is 2.71 bits per heavy atom. The molecule has 0 aliphatic heterocycles. The summed E-state index contributed by atoms with van der Waals surface area (Å²) in [5.41, 5.74) is 0.977. The van der Waals surface area contributed by atoms with Gasteiger partial charge in [0.15, 0.2) is 0 Å². The molecule has 0 saturated heterocycles. The molecule has 0 aliphatic rings. The van der Waals surface area contributed by atoms with Crippen LogP contribution >= 0.6 is 27.5 Å². The van der Waals surface area contributed by atoms with Crippen molar-refractivity contribution in [1.29, 1.82) is 0 Å². The van der Waals surface area contributed by atoms with Gasteiger partial charge in [-0.2, -0.15) is 0 Å². The van der Waals surface area contributed by atoms with E-state index < -0.39 is 11.9 Å². The predicted octanol–water partition coefficient (Wildman–Crippen LogP) is 4.92. The highest BCUT2D eigenvalue weighted by molar-refractivity contribution is 9.10. The molecular weight excluding hydrogens is 359 g/mol. The lowest BCUT2D eigenvalue weighted by atomic mass is 10.0. The first-order valence-electron chi connectivity index (χ1n) is 6.56. The van der Waals surface area contributed by atoms with E-state index in [4.69, 9.17) is 16.3 Å². The van der Waals surface area contributed by atoms with E-state index in [1.54, 1.807) is 30.3 Å². The van der Waals surface area contributed by atoms with Crippen LogP contribution < -0.4 is 4.74 Å². The van der Waals surface area contributed by atoms with Gasteiger partial charge in [-0.1, -0.05) is 39.7 Å². The fourth-order valence-electron chi connectivity index (χ4n) is 2.07. The molecule has 2 aromatic rings. The third-order valence-electron chi connectivity index (χ3n) is 3.10. The Labute approximate surface area is 136 Å². The molecule has 0 amide bonds. The Hall–Kier alpha value is -1.10. The van der Waals surface area contributed by atoms with Crippen LogP contribution in [0.25, 0.3) is 0 Å². The normalized spacial score (nSPS) is 12.2. The molecule has 1 unspecified atom stereocenters. The lowest BCUT2D eigenvalue weighted by Gasteiger charge is -2.15. The molecule has 0 fully saturated rings. The highest BCUT2D eigenvalue weighted by Gasteiger charge is 2.17. The van der Waals surface area contributed by atoms with Gasteiger partial charge in [0.2, 0.25) is 0 Å². The van der Waals surface area contributed by atoms with Gasteiger partial charge in [0.25, 0.3) is 0 Å². The predicted molar refractivity (Wildman–Crippen MR) is 85.4 cm³/mol. The largest absolute Gasteiger partial charge is 0.494 e. The summed E-state index contributed by atoms with van der Waals surface area (Å²) in [6.45, 7) is 2.47. The summed E-state index contributed by atoms with van der Waals surface area (Å²) in [6, 6.07) is 9.80. The first kappa shape index (κ1) is 16.3. The van der Waals surface area contributed by atoms with Crippen molar-refractivity contribution in [3.63, 3.8) is 0 Å². The average Bonchev–Trinajstić information content (AvgIpc) is 2.43. The molecule has 5 heteroatoms. The molecule has 0 radical (unpaired) electrons. The molecule has 21 heavy (non-hydrogen) atoms. The van der Waals surface area contributed by atoms with Gasteiger partial charge in [-0.15, -0.1) is 0 Å². The van der Waals surface area contributed by atoms with Gasteiger partial charge in [0.05, 0.1) is 12.7 Å². The maximum absolute atomic E-state index is 13.8. The van der Waals surface area contributed by atoms with Crippen LogP contribution in [0.1, 0.15) is 24.2 Å². The van der Waals surface area contributed by atoms with Gasteiger partial charge in [-0.3, -0.25) is 0 Å². The molecule has 0 aromatic heterocycles. The number of ether oxygens (including phenoxy) is 1. The molecule has 0 bridgehead atoms. The second-order valence-corrected chi connectivity index (χ2v) is 5.80. The van der Waals surface area contributed by atoms with Crippen LogP contribution in [0.3, 0.4) is 0 Å². The minimum atomic E-state index is -0.857. The van der Waals surface area contributed by atoms with Crippen LogP contribution in [-0.4, -0.2) is 11.7 Å². The first-order valence-corrected chi connectivity index (χ1v) is 7.73. The smallest absolute Gasteiger partial charge is 0.127 e. The summed E-state index contributed by atoms with van der Waals surface area (Å²) in [6.07, 6.45) is -0.748. The lowest BCUT2D eigenvalue weighted by Crippen LogP contribution is -2.05. The van der Waals surface area contributed by atoms with Crippen molar-refractivity contribution < 1.29 is 14.2 Å². The maximum atomic E-state index is 13.8. The molecule has 1 atom stereocenters. The molecule has 0 aliphatic carbocycles. The molecule has 0 heterocycles. The molecule has 1 N–H and O–H groups in total. The highest BCUT2D eigenvalue weighted by atomic mass is 79.9. The molecule has 2 aromatic carbocycles. The minimum absolute atomic E-state index is 0.109. The fourth-order valence-corrected chi connectivity index (χ4v) is 2.93. The van der Waals surface area contributed by atoms with E-state index >= 15 is 0 Å². The van der Waals surface area contributed by atoms with Gasteiger partial charge in [-0.25, -0.2) is 4.39 Å². The van der Waals surface area contributed by atoms with Crippen molar-refractivity contribution in [3.8, 4) is 5.75 Å². The molecule has 0 saturated carbocycles. The lowest BCUT2D eigenvalue weighted by molar-refractivity contribution is 0.176. The summed E-state index contributed by atoms with van der Waals surface area (Å²) < 4.78 is 19.9. The summed E-state index contributed by atoms with van der Waals surface area (Å²) in [5.74, 6) is 0.299. The van der Waals surface area contributed by atoms with E-state index in [1.807, 2.05) is 6.92 Å². The summed E-state index contributed by atoms with van der Waals surface area (Å²) >= 11 is 9.39. The zero-order valence-electron chi connectivity index (χ0n) is 11.4. The monoisotopic (exact) mass is 372 g/mol. The van der Waals surface area contributed by atoms with Crippen LogP contribution in [0.2, 0.25) is 5.02 Å². The van der Waals surface area contributed by atoms with E-state index in [0.29, 0.717) is 33.0 Å². The number of aliphatic hydroxyl groups is 1. The van der Waals surface area contributed by atoms with Crippen LogP contribution in [0.15, 0.2) is 40.9 Å². The minimum Gasteiger partial charge on any atom is -0.494 e. The third-order valence-corrected chi connectivity index (χ3v) is 4.14. The Kier molecular flexibility index (Phi) is 5.62. The van der Waals surface area contributed by atoms with E-state index in [9.17, 15) is 9.50 Å². The molecular formula is C16H15BrClFO2. The number of rotatable bonds is 5. The number of aliphatic hydroxyl groups excluding tert-OH is 1. The number of hydrogen-bond acceptors (Lipinski definition) is 2. The number of halogens is 3. The van der Waals surface area contributed by atoms with Crippen molar-refractivity contribution in [1.82, 2.24) is 0 Å². The quantitative estimate of drug-likeness (QED) is 0.806. The molecule has 2 rings (SSSR count). The zero-order chi connectivity index (χ0) is 15.4. The first-order chi connectivity index (χ1) is 10.0. The highest BCUT2D eigenvalue weighted by Crippen LogP contribution is 2.31. The van der Waals surface area contributed by atoms with Crippen LogP contribution in [0, 0.1) is 5.82 Å². The summed E-state index contributed by atoms with van der Waals surface area (Å²) in [4.78, 5) is 0. The van der Waals surface area contributed by atoms with Crippen LogP contribution in [0.5, 0.6) is 5.75 Å². The van der Waals surface area contributed by atoms with Crippen molar-refractivity contribution in [2.24, 2.45) is 0 Å². The second kappa shape index (κ2) is 7.25. The van der Waals surface area contributed by atoms with E-state index in [-0.39, 0.29) is 6.42 Å². The van der Waals surface area contributed by atoms with Crippen molar-refractivity contribution >= 4 is 27.5 Å². The van der Waals surface area contributed by atoms with Gasteiger partial charge >= 0.3 is 0 Å². The molecule has 112 valence electrons. The van der Waals surface area contributed by atoms with E-state index in [2.05, 4.69) is 15.9 Å². The van der Waals surface area contributed by atoms with E-state index in [1.165, 1.54) is 6.07 Å². The van der Waals surface area contributed by atoms with Crippen molar-refractivity contribution in [3.05, 3.63) is 62.8 Å². The second-order valence-electron chi connectivity index (χ2n) is 4.54. The van der Waals surface area contributed by atoms with Crippen molar-refractivity contribution in [2.45, 2.75) is 19.4 Å². The van der Waals surface area contributed by atoms with Gasteiger partial charge in [0.1, 0.15) is 11.6 Å². The van der Waals surface area contributed by atoms with Gasteiger partial charge in [-0.05, 0) is 36.8 Å². The average molecular weight is 374 g/mol. The third kappa shape index (κ3) is 3.96. The maximum Gasteiger partial charge on any atom is 0.127 e.